The van der Waals surface area contributed by atoms with Crippen LogP contribution in [-0.2, 0) is 0 Å². The van der Waals surface area contributed by atoms with Gasteiger partial charge in [0.1, 0.15) is 0 Å². The Morgan fingerprint density at radius 1 is 1.21 bits per heavy atom. The topological polar surface area (TPSA) is 0 Å². The minimum Gasteiger partial charge on any atom is -0.103 e. The molecule has 0 aromatic rings. The van der Waals surface area contributed by atoms with Crippen LogP contribution in [0.3, 0.4) is 0 Å². The number of hydrogen-bond acceptors (Lipinski definition) is 0. The molecule has 0 rings (SSSR count). The van der Waals surface area contributed by atoms with Gasteiger partial charge < -0.3 is 0 Å². The molecule has 0 bridgehead atoms. The molecule has 0 aromatic carbocycles. The quantitative estimate of drug-likeness (QED) is 0.427. The molecule has 14 heavy (non-hydrogen) atoms. The lowest BCUT2D eigenvalue weighted by atomic mass is 9.92. The fraction of sp³-hybridized carbons (Fsp3) is 0.286. The molecule has 0 saturated carbocycles. The van der Waals surface area contributed by atoms with Crippen LogP contribution in [0.4, 0.5) is 0 Å². The molecule has 0 heteroatoms. The van der Waals surface area contributed by atoms with Crippen LogP contribution in [0.1, 0.15) is 20.3 Å². The predicted octanol–water partition coefficient (Wildman–Crippen LogP) is 4.44. The van der Waals surface area contributed by atoms with Crippen molar-refractivity contribution in [2.24, 2.45) is 5.92 Å². The van der Waals surface area contributed by atoms with Crippen molar-refractivity contribution in [1.29, 1.82) is 0 Å². The largest absolute Gasteiger partial charge is 0.103 e. The number of allylic oxidation sites excluding steroid dienone is 7. The maximum Gasteiger partial charge on any atom is 0.00490 e. The number of rotatable bonds is 6. The molecule has 0 aromatic heterocycles. The van der Waals surface area contributed by atoms with Gasteiger partial charge in [0.25, 0.3) is 0 Å². The highest BCUT2D eigenvalue weighted by Crippen LogP contribution is 2.21. The van der Waals surface area contributed by atoms with E-state index in [1.807, 2.05) is 18.2 Å². The molecule has 0 aliphatic heterocycles. The lowest BCUT2D eigenvalue weighted by Gasteiger charge is -2.13. The van der Waals surface area contributed by atoms with E-state index in [4.69, 9.17) is 0 Å². The zero-order chi connectivity index (χ0) is 11.0. The molecule has 0 heterocycles. The summed E-state index contributed by atoms with van der Waals surface area (Å²) in [6, 6.07) is 0. The minimum absolute atomic E-state index is 0.369. The first kappa shape index (κ1) is 12.7. The molecule has 0 aliphatic carbocycles. The lowest BCUT2D eigenvalue weighted by Crippen LogP contribution is -1.99. The minimum atomic E-state index is 0.369. The van der Waals surface area contributed by atoms with Crippen molar-refractivity contribution in [1.82, 2.24) is 0 Å². The average molecular weight is 188 g/mol. The van der Waals surface area contributed by atoms with Crippen LogP contribution in [0.2, 0.25) is 0 Å². The van der Waals surface area contributed by atoms with E-state index in [9.17, 15) is 0 Å². The maximum absolute atomic E-state index is 3.85. The highest BCUT2D eigenvalue weighted by molar-refractivity contribution is 5.31. The van der Waals surface area contributed by atoms with Gasteiger partial charge in [-0.05, 0) is 25.8 Å². The van der Waals surface area contributed by atoms with E-state index in [-0.39, 0.29) is 0 Å². The van der Waals surface area contributed by atoms with Gasteiger partial charge in [0, 0.05) is 5.92 Å². The van der Waals surface area contributed by atoms with E-state index in [1.165, 1.54) is 11.1 Å². The van der Waals surface area contributed by atoms with Crippen molar-refractivity contribution in [2.45, 2.75) is 20.3 Å². The first-order chi connectivity index (χ1) is 6.67. The molecule has 0 radical (unpaired) electrons. The van der Waals surface area contributed by atoms with E-state index >= 15 is 0 Å². The first-order valence-electron chi connectivity index (χ1n) is 4.87. The molecule has 76 valence electrons. The van der Waals surface area contributed by atoms with Gasteiger partial charge in [-0.25, -0.2) is 0 Å². The van der Waals surface area contributed by atoms with Gasteiger partial charge in [-0.2, -0.15) is 0 Å². The normalized spacial score (nSPS) is 12.1. The summed E-state index contributed by atoms with van der Waals surface area (Å²) in [5.41, 5.74) is 2.62. The fourth-order valence-electron chi connectivity index (χ4n) is 1.36. The van der Waals surface area contributed by atoms with Crippen molar-refractivity contribution in [2.75, 3.05) is 0 Å². The zero-order valence-electron chi connectivity index (χ0n) is 9.29. The molecular weight excluding hydrogens is 168 g/mol. The summed E-state index contributed by atoms with van der Waals surface area (Å²) < 4.78 is 0. The van der Waals surface area contributed by atoms with Crippen molar-refractivity contribution in [3.63, 3.8) is 0 Å². The standard InChI is InChI=1S/C14H20/c1-6-9-11-14(12(4)5)13(8-3)10-7-2/h6-9,11,13H,1-3,10H2,4-5H3/b11-9-/t13-/m1/s1. The molecule has 0 unspecified atom stereocenters. The second kappa shape index (κ2) is 7.14. The third kappa shape index (κ3) is 4.08. The summed E-state index contributed by atoms with van der Waals surface area (Å²) in [7, 11) is 0. The Morgan fingerprint density at radius 2 is 1.86 bits per heavy atom. The Labute approximate surface area is 88.0 Å². The smallest absolute Gasteiger partial charge is 0.00490 e. The number of hydrogen-bond donors (Lipinski definition) is 0. The third-order valence-corrected chi connectivity index (χ3v) is 2.09. The molecule has 1 atom stereocenters. The molecule has 0 spiro atoms. The summed E-state index contributed by atoms with van der Waals surface area (Å²) in [5.74, 6) is 0.369. The van der Waals surface area contributed by atoms with Crippen LogP contribution in [0.5, 0.6) is 0 Å². The van der Waals surface area contributed by atoms with Crippen LogP contribution in [-0.4, -0.2) is 0 Å². The molecule has 0 fully saturated rings. The monoisotopic (exact) mass is 188 g/mol. The molecule has 0 aliphatic rings. The first-order valence-corrected chi connectivity index (χ1v) is 4.87. The van der Waals surface area contributed by atoms with Gasteiger partial charge in [-0.15, -0.1) is 13.2 Å². The van der Waals surface area contributed by atoms with Crippen molar-refractivity contribution in [3.05, 3.63) is 61.3 Å². The summed E-state index contributed by atoms with van der Waals surface area (Å²) in [4.78, 5) is 0. The highest BCUT2D eigenvalue weighted by Gasteiger charge is 2.06. The summed E-state index contributed by atoms with van der Waals surface area (Å²) in [5, 5.41) is 0. The Kier molecular flexibility index (Phi) is 6.47. The summed E-state index contributed by atoms with van der Waals surface area (Å²) in [6.07, 6.45) is 10.7. The van der Waals surface area contributed by atoms with Crippen LogP contribution < -0.4 is 0 Å². The summed E-state index contributed by atoms with van der Waals surface area (Å²) >= 11 is 0. The van der Waals surface area contributed by atoms with Gasteiger partial charge in [-0.1, -0.05) is 42.5 Å². The zero-order valence-corrected chi connectivity index (χ0v) is 9.29. The fourth-order valence-corrected chi connectivity index (χ4v) is 1.36. The second-order valence-electron chi connectivity index (χ2n) is 3.42. The van der Waals surface area contributed by atoms with Crippen molar-refractivity contribution in [3.8, 4) is 0 Å². The predicted molar refractivity (Wildman–Crippen MR) is 66.2 cm³/mol. The Bertz CT molecular complexity index is 260. The summed E-state index contributed by atoms with van der Waals surface area (Å²) in [6.45, 7) is 15.5. The van der Waals surface area contributed by atoms with Crippen molar-refractivity contribution >= 4 is 0 Å². The lowest BCUT2D eigenvalue weighted by molar-refractivity contribution is 0.787. The van der Waals surface area contributed by atoms with Crippen LogP contribution in [0.15, 0.2) is 61.3 Å². The van der Waals surface area contributed by atoms with Gasteiger partial charge in [-0.3, -0.25) is 0 Å². The van der Waals surface area contributed by atoms with E-state index in [0.717, 1.165) is 6.42 Å². The maximum atomic E-state index is 3.85. The van der Waals surface area contributed by atoms with Gasteiger partial charge in [0.15, 0.2) is 0 Å². The van der Waals surface area contributed by atoms with Crippen LogP contribution >= 0.6 is 0 Å². The highest BCUT2D eigenvalue weighted by atomic mass is 14.1. The van der Waals surface area contributed by atoms with Gasteiger partial charge in [0.05, 0.1) is 0 Å². The second-order valence-corrected chi connectivity index (χ2v) is 3.42. The Balaban J connectivity index is 4.88. The molecular formula is C14H20. The Morgan fingerprint density at radius 3 is 2.21 bits per heavy atom. The van der Waals surface area contributed by atoms with Crippen molar-refractivity contribution < 1.29 is 0 Å². The molecule has 0 nitrogen and oxygen atoms in total. The van der Waals surface area contributed by atoms with Gasteiger partial charge in [0.2, 0.25) is 0 Å². The molecule has 0 N–H and O–H groups in total. The average Bonchev–Trinajstić information content (AvgIpc) is 2.16. The molecule has 0 amide bonds. The van der Waals surface area contributed by atoms with Gasteiger partial charge >= 0.3 is 0 Å². The van der Waals surface area contributed by atoms with E-state index < -0.39 is 0 Å². The SMILES string of the molecule is C=C/C=C\C(=C(C)C)[C@H](C=C)CC=C. The van der Waals surface area contributed by atoms with E-state index in [2.05, 4.69) is 39.7 Å². The third-order valence-electron chi connectivity index (χ3n) is 2.09. The van der Waals surface area contributed by atoms with Crippen LogP contribution in [0.25, 0.3) is 0 Å². The molecule has 0 saturated heterocycles. The van der Waals surface area contributed by atoms with Crippen LogP contribution in [0, 0.1) is 5.92 Å². The van der Waals surface area contributed by atoms with E-state index in [1.54, 1.807) is 6.08 Å². The van der Waals surface area contributed by atoms with E-state index in [0.29, 0.717) is 5.92 Å². The Hall–Kier alpha value is -1.30.